The molecule has 2 saturated heterocycles. The molecule has 6 rings (SSSR count). The van der Waals surface area contributed by atoms with Crippen LogP contribution in [0.5, 0.6) is 0 Å². The number of hydrogen-bond acceptors (Lipinski definition) is 5. The summed E-state index contributed by atoms with van der Waals surface area (Å²) in [6.45, 7) is 3.62. The van der Waals surface area contributed by atoms with Crippen LogP contribution in [0, 0.1) is 19.8 Å². The van der Waals surface area contributed by atoms with E-state index in [9.17, 15) is 21.6 Å². The first-order valence-electron chi connectivity index (χ1n) is 14.4. The molecule has 0 aromatic heterocycles. The van der Waals surface area contributed by atoms with Gasteiger partial charge in [0.05, 0.1) is 21.9 Å². The largest absolute Gasteiger partial charge is 0.299 e. The van der Waals surface area contributed by atoms with Gasteiger partial charge in [-0.05, 0) is 61.2 Å². The highest BCUT2D eigenvalue weighted by Crippen LogP contribution is 2.48. The molecule has 0 unspecified atom stereocenters. The minimum atomic E-state index is -4.08. The summed E-state index contributed by atoms with van der Waals surface area (Å²) in [5, 5.41) is 0. The third-order valence-electron chi connectivity index (χ3n) is 8.66. The fourth-order valence-corrected chi connectivity index (χ4v) is 10.1. The fourth-order valence-electron chi connectivity index (χ4n) is 6.49. The minimum absolute atomic E-state index is 0.0371. The van der Waals surface area contributed by atoms with Crippen LogP contribution in [0.4, 0.5) is 0 Å². The Balaban J connectivity index is 1.50. The lowest BCUT2D eigenvalue weighted by Gasteiger charge is -2.51. The van der Waals surface area contributed by atoms with Crippen LogP contribution >= 0.6 is 0 Å². The molecule has 0 spiro atoms. The van der Waals surface area contributed by atoms with E-state index in [0.717, 1.165) is 22.3 Å². The van der Waals surface area contributed by atoms with Crippen molar-refractivity contribution in [1.82, 2.24) is 8.61 Å². The van der Waals surface area contributed by atoms with Crippen LogP contribution in [0.3, 0.4) is 0 Å². The maximum Gasteiger partial charge on any atom is 0.243 e. The van der Waals surface area contributed by atoms with E-state index in [1.807, 2.05) is 80.6 Å². The summed E-state index contributed by atoms with van der Waals surface area (Å²) in [7, 11) is -8.09. The summed E-state index contributed by atoms with van der Waals surface area (Å²) in [4.78, 5) is 14.2. The molecule has 0 amide bonds. The van der Waals surface area contributed by atoms with E-state index in [4.69, 9.17) is 0 Å². The molecule has 9 heteroatoms. The lowest BCUT2D eigenvalue weighted by atomic mass is 9.77. The van der Waals surface area contributed by atoms with Crippen LogP contribution in [-0.2, 0) is 24.8 Å². The van der Waals surface area contributed by atoms with Crippen molar-refractivity contribution in [2.24, 2.45) is 5.92 Å². The SMILES string of the molecule is Cc1ccc(S(=O)(=O)N2C[C@H]3C(=O)C[C@@H](c4ccccc4)N(S(=O)(=O)c4cccc(C)c4)[C@H]3C[C@H]2c2ccccc2)cc1. The Hall–Kier alpha value is -3.63. The number of benzene rings is 4. The first kappa shape index (κ1) is 29.4. The molecule has 2 fully saturated rings. The van der Waals surface area contributed by atoms with E-state index in [2.05, 4.69) is 0 Å². The first-order valence-corrected chi connectivity index (χ1v) is 17.3. The van der Waals surface area contributed by atoms with Crippen LogP contribution < -0.4 is 0 Å². The molecule has 4 atom stereocenters. The number of piperidine rings is 2. The molecule has 4 aromatic carbocycles. The van der Waals surface area contributed by atoms with Crippen molar-refractivity contribution in [3.05, 3.63) is 131 Å². The molecule has 0 N–H and O–H groups in total. The van der Waals surface area contributed by atoms with Gasteiger partial charge in [0.1, 0.15) is 5.78 Å². The summed E-state index contributed by atoms with van der Waals surface area (Å²) in [5.74, 6) is -0.954. The van der Waals surface area contributed by atoms with Crippen molar-refractivity contribution in [3.8, 4) is 0 Å². The van der Waals surface area contributed by atoms with Gasteiger partial charge in [0, 0.05) is 24.9 Å². The van der Waals surface area contributed by atoms with Crippen molar-refractivity contribution in [1.29, 1.82) is 0 Å². The molecule has 0 aliphatic carbocycles. The molecule has 4 aromatic rings. The predicted molar refractivity (Wildman–Crippen MR) is 165 cm³/mol. The lowest BCUT2D eigenvalue weighted by Crippen LogP contribution is -2.60. The number of ketones is 1. The Morgan fingerprint density at radius 3 is 1.84 bits per heavy atom. The van der Waals surface area contributed by atoms with Gasteiger partial charge in [0.2, 0.25) is 20.0 Å². The Morgan fingerprint density at radius 1 is 0.628 bits per heavy atom. The molecule has 2 heterocycles. The van der Waals surface area contributed by atoms with Crippen molar-refractivity contribution in [3.63, 3.8) is 0 Å². The molecule has 7 nitrogen and oxygen atoms in total. The third-order valence-corrected chi connectivity index (χ3v) is 12.5. The van der Waals surface area contributed by atoms with Gasteiger partial charge < -0.3 is 0 Å². The number of Topliss-reactive ketones (excluding diaryl/α,β-unsaturated/α-hetero) is 1. The molecule has 222 valence electrons. The Labute approximate surface area is 253 Å². The number of nitrogens with zero attached hydrogens (tertiary/aromatic N) is 2. The number of carbonyl (C=O) groups excluding carboxylic acids is 1. The first-order chi connectivity index (χ1) is 20.6. The molecule has 0 bridgehead atoms. The van der Waals surface area contributed by atoms with Crippen LogP contribution in [-0.4, -0.2) is 43.8 Å². The van der Waals surface area contributed by atoms with E-state index in [1.54, 1.807) is 42.5 Å². The van der Waals surface area contributed by atoms with Crippen molar-refractivity contribution < 1.29 is 21.6 Å². The van der Waals surface area contributed by atoms with Gasteiger partial charge in [0.15, 0.2) is 0 Å². The fraction of sp³-hybridized carbons (Fsp3) is 0.265. The topological polar surface area (TPSA) is 91.8 Å². The van der Waals surface area contributed by atoms with Crippen LogP contribution in [0.15, 0.2) is 119 Å². The van der Waals surface area contributed by atoms with Gasteiger partial charge in [-0.25, -0.2) is 16.8 Å². The second kappa shape index (κ2) is 11.5. The number of hydrogen-bond donors (Lipinski definition) is 0. The molecule has 43 heavy (non-hydrogen) atoms. The van der Waals surface area contributed by atoms with Gasteiger partial charge in [0.25, 0.3) is 0 Å². The van der Waals surface area contributed by atoms with E-state index < -0.39 is 44.1 Å². The standard InChI is InChI=1S/C34H34N2O5S2/c1-24-16-18-28(19-17-24)42(38,39)35-23-30-33(21-31(35)26-11-5-3-6-12-26)36(43(40,41)29-15-9-10-25(2)20-29)32(22-34(30)37)27-13-7-4-8-14-27/h3-20,30-33H,21-23H2,1-2H3/t30-,31+,32+,33+/m1/s1. The summed E-state index contributed by atoms with van der Waals surface area (Å²) in [5.41, 5.74) is 3.22. The highest BCUT2D eigenvalue weighted by molar-refractivity contribution is 7.89. The Kier molecular flexibility index (Phi) is 7.85. The van der Waals surface area contributed by atoms with Crippen molar-refractivity contribution >= 4 is 25.8 Å². The highest BCUT2D eigenvalue weighted by Gasteiger charge is 2.54. The number of fused-ring (bicyclic) bond motifs is 1. The van der Waals surface area contributed by atoms with Crippen molar-refractivity contribution in [2.45, 2.75) is 54.6 Å². The van der Waals surface area contributed by atoms with E-state index in [-0.39, 0.29) is 35.0 Å². The van der Waals surface area contributed by atoms with E-state index >= 15 is 0 Å². The predicted octanol–water partition coefficient (Wildman–Crippen LogP) is 5.83. The summed E-state index contributed by atoms with van der Waals surface area (Å²) in [6.07, 6.45) is 0.102. The zero-order valence-electron chi connectivity index (χ0n) is 24.1. The highest BCUT2D eigenvalue weighted by atomic mass is 32.2. The van der Waals surface area contributed by atoms with Crippen LogP contribution in [0.1, 0.15) is 47.2 Å². The number of aryl methyl sites for hydroxylation is 2. The normalized spacial score (nSPS) is 23.5. The van der Waals surface area contributed by atoms with Crippen LogP contribution in [0.2, 0.25) is 0 Å². The zero-order valence-corrected chi connectivity index (χ0v) is 25.7. The smallest absolute Gasteiger partial charge is 0.243 e. The molecule has 2 aliphatic rings. The molecule has 0 radical (unpaired) electrons. The third kappa shape index (κ3) is 5.47. The van der Waals surface area contributed by atoms with E-state index in [0.29, 0.717) is 0 Å². The Bertz CT molecular complexity index is 1840. The summed E-state index contributed by atoms with van der Waals surface area (Å²) < 4.78 is 60.3. The van der Waals surface area contributed by atoms with Crippen LogP contribution in [0.25, 0.3) is 0 Å². The summed E-state index contributed by atoms with van der Waals surface area (Å²) in [6, 6.07) is 29.9. The average molecular weight is 615 g/mol. The van der Waals surface area contributed by atoms with Crippen molar-refractivity contribution in [2.75, 3.05) is 6.54 Å². The maximum absolute atomic E-state index is 14.5. The van der Waals surface area contributed by atoms with Gasteiger partial charge in [-0.15, -0.1) is 0 Å². The second-order valence-corrected chi connectivity index (χ2v) is 15.2. The second-order valence-electron chi connectivity index (χ2n) is 11.5. The summed E-state index contributed by atoms with van der Waals surface area (Å²) >= 11 is 0. The van der Waals surface area contributed by atoms with Gasteiger partial charge in [-0.3, -0.25) is 4.79 Å². The zero-order chi connectivity index (χ0) is 30.4. The number of carbonyl (C=O) groups is 1. The molecule has 2 aliphatic heterocycles. The number of sulfonamides is 2. The van der Waals surface area contributed by atoms with E-state index in [1.165, 1.54) is 8.61 Å². The minimum Gasteiger partial charge on any atom is -0.299 e. The van der Waals surface area contributed by atoms with Gasteiger partial charge in [-0.2, -0.15) is 8.61 Å². The average Bonchev–Trinajstić information content (AvgIpc) is 3.01. The molecule has 0 saturated carbocycles. The Morgan fingerprint density at radius 2 is 1.23 bits per heavy atom. The molecular weight excluding hydrogens is 581 g/mol. The lowest BCUT2D eigenvalue weighted by molar-refractivity contribution is -0.132. The van der Waals surface area contributed by atoms with Gasteiger partial charge in [-0.1, -0.05) is 90.5 Å². The quantitative estimate of drug-likeness (QED) is 0.273. The molecular formula is C34H34N2O5S2. The van der Waals surface area contributed by atoms with Gasteiger partial charge >= 0.3 is 0 Å². The monoisotopic (exact) mass is 614 g/mol. The maximum atomic E-state index is 14.5. The number of rotatable bonds is 6.